The molecular weight excluding hydrogens is 266 g/mol. The molecule has 2 saturated heterocycles. The van der Waals surface area contributed by atoms with Crippen LogP contribution in [-0.4, -0.2) is 47.6 Å². The highest BCUT2D eigenvalue weighted by Gasteiger charge is 2.23. The quantitative estimate of drug-likeness (QED) is 0.575. The molecule has 2 heterocycles. The van der Waals surface area contributed by atoms with Gasteiger partial charge >= 0.3 is 0 Å². The lowest BCUT2D eigenvalue weighted by molar-refractivity contribution is -0.139. The Morgan fingerprint density at radius 1 is 1.44 bits per heavy atom. The minimum absolute atomic E-state index is 0.257. The number of nitrogens with zero attached hydrogens (tertiary/aromatic N) is 1. The number of hydrogen-bond acceptors (Lipinski definition) is 4. The van der Waals surface area contributed by atoms with Crippen molar-refractivity contribution in [3.05, 3.63) is 0 Å². The molecule has 2 atom stereocenters. The minimum Gasteiger partial charge on any atom is -0.377 e. The Balaban J connectivity index is 1.58. The van der Waals surface area contributed by atoms with E-state index in [1.807, 2.05) is 26.5 Å². The lowest BCUT2D eigenvalue weighted by Crippen LogP contribution is -2.47. The van der Waals surface area contributed by atoms with Crippen LogP contribution in [0.15, 0.2) is 0 Å². The summed E-state index contributed by atoms with van der Waals surface area (Å²) in [6.45, 7) is 4.24. The molecule has 2 aliphatic heterocycles. The van der Waals surface area contributed by atoms with E-state index in [2.05, 4.69) is 6.92 Å². The average molecular weight is 289 g/mol. The number of unbranched alkanes of at least 4 members (excludes halogenated alkanes) is 1. The summed E-state index contributed by atoms with van der Waals surface area (Å²) in [4.78, 5) is 14.1. The molecule has 0 aliphatic carbocycles. The van der Waals surface area contributed by atoms with Gasteiger partial charge in [0.05, 0.1) is 19.3 Å². The monoisotopic (exact) mass is 289 g/mol. The van der Waals surface area contributed by atoms with E-state index >= 15 is 0 Å². The lowest BCUT2D eigenvalue weighted by Gasteiger charge is -2.33. The number of ether oxygens (including phenoxy) is 1. The highest BCUT2D eigenvalue weighted by atomic mass is 33.1. The second kappa shape index (κ2) is 7.65. The third kappa shape index (κ3) is 4.35. The first-order valence-electron chi connectivity index (χ1n) is 6.93. The van der Waals surface area contributed by atoms with Crippen LogP contribution in [0.25, 0.3) is 0 Å². The zero-order chi connectivity index (χ0) is 12.8. The van der Waals surface area contributed by atoms with Crippen molar-refractivity contribution < 1.29 is 9.53 Å². The average Bonchev–Trinajstić information content (AvgIpc) is 2.88. The van der Waals surface area contributed by atoms with Crippen molar-refractivity contribution in [3.8, 4) is 0 Å². The molecule has 2 fully saturated rings. The minimum atomic E-state index is 0.257. The number of rotatable bonds is 5. The summed E-state index contributed by atoms with van der Waals surface area (Å²) < 4.78 is 5.36. The fraction of sp³-hybridized carbons (Fsp3) is 0.923. The molecule has 104 valence electrons. The second-order valence-corrected chi connectivity index (χ2v) is 7.87. The maximum atomic E-state index is 12.1. The van der Waals surface area contributed by atoms with E-state index in [9.17, 15) is 4.79 Å². The molecule has 0 radical (unpaired) electrons. The first-order valence-corrected chi connectivity index (χ1v) is 9.31. The van der Waals surface area contributed by atoms with Gasteiger partial charge in [0.2, 0.25) is 5.91 Å². The molecule has 0 bridgehead atoms. The summed E-state index contributed by atoms with van der Waals surface area (Å²) in [6.07, 6.45) is 5.59. The van der Waals surface area contributed by atoms with E-state index in [-0.39, 0.29) is 6.04 Å². The van der Waals surface area contributed by atoms with Crippen LogP contribution in [0.2, 0.25) is 0 Å². The SMILES string of the molecule is C[C@@H]1COCCN1C(=O)CCCC[C@H]1CCSS1. The van der Waals surface area contributed by atoms with Gasteiger partial charge in [-0.25, -0.2) is 0 Å². The van der Waals surface area contributed by atoms with Crippen molar-refractivity contribution in [2.45, 2.75) is 50.3 Å². The van der Waals surface area contributed by atoms with E-state index in [0.29, 0.717) is 19.1 Å². The van der Waals surface area contributed by atoms with Crippen molar-refractivity contribution in [1.29, 1.82) is 0 Å². The molecule has 1 amide bonds. The molecule has 3 nitrogen and oxygen atoms in total. The van der Waals surface area contributed by atoms with Crippen LogP contribution in [0.1, 0.15) is 39.0 Å². The molecular formula is C13H23NO2S2. The molecule has 5 heteroatoms. The van der Waals surface area contributed by atoms with Gasteiger partial charge in [-0.15, -0.1) is 0 Å². The van der Waals surface area contributed by atoms with E-state index in [0.717, 1.165) is 24.6 Å². The third-order valence-corrected chi connectivity index (χ3v) is 6.59. The Bertz CT molecular complexity index is 270. The number of amides is 1. The van der Waals surface area contributed by atoms with Gasteiger partial charge in [0.15, 0.2) is 0 Å². The molecule has 0 aromatic rings. The summed E-state index contributed by atoms with van der Waals surface area (Å²) >= 11 is 0. The summed E-state index contributed by atoms with van der Waals surface area (Å²) in [5, 5.41) is 0.840. The fourth-order valence-corrected chi connectivity index (χ4v) is 5.48. The Morgan fingerprint density at radius 3 is 3.06 bits per heavy atom. The molecule has 2 rings (SSSR count). The molecule has 0 unspecified atom stereocenters. The number of carbonyl (C=O) groups is 1. The molecule has 0 N–H and O–H groups in total. The summed E-state index contributed by atoms with van der Waals surface area (Å²) in [5.41, 5.74) is 0. The van der Waals surface area contributed by atoms with E-state index in [4.69, 9.17) is 4.74 Å². The Hall–Kier alpha value is 0.130. The van der Waals surface area contributed by atoms with Gasteiger partial charge in [0.25, 0.3) is 0 Å². The highest BCUT2D eigenvalue weighted by molar-refractivity contribution is 8.77. The van der Waals surface area contributed by atoms with Crippen molar-refractivity contribution in [1.82, 2.24) is 4.90 Å². The van der Waals surface area contributed by atoms with Crippen LogP contribution in [0, 0.1) is 0 Å². The summed E-state index contributed by atoms with van der Waals surface area (Å²) in [5.74, 6) is 1.62. The zero-order valence-corrected chi connectivity index (χ0v) is 12.7. The van der Waals surface area contributed by atoms with Crippen LogP contribution in [-0.2, 0) is 9.53 Å². The van der Waals surface area contributed by atoms with Gasteiger partial charge < -0.3 is 9.64 Å². The molecule has 0 aromatic heterocycles. The first-order chi connectivity index (χ1) is 8.77. The van der Waals surface area contributed by atoms with Crippen molar-refractivity contribution in [3.63, 3.8) is 0 Å². The fourth-order valence-electron chi connectivity index (χ4n) is 2.45. The van der Waals surface area contributed by atoms with E-state index in [1.54, 1.807) is 0 Å². The van der Waals surface area contributed by atoms with Crippen LogP contribution < -0.4 is 0 Å². The highest BCUT2D eigenvalue weighted by Crippen LogP contribution is 2.39. The largest absolute Gasteiger partial charge is 0.377 e. The number of carbonyl (C=O) groups excluding carboxylic acids is 1. The second-order valence-electron chi connectivity index (χ2n) is 5.09. The Labute approximate surface area is 118 Å². The number of morpholine rings is 1. The van der Waals surface area contributed by atoms with Gasteiger partial charge in [-0.2, -0.15) is 0 Å². The van der Waals surface area contributed by atoms with Gasteiger partial charge in [-0.05, 0) is 26.2 Å². The Morgan fingerprint density at radius 2 is 2.33 bits per heavy atom. The normalized spacial score (nSPS) is 28.6. The van der Waals surface area contributed by atoms with Gasteiger partial charge in [-0.3, -0.25) is 4.79 Å². The van der Waals surface area contributed by atoms with Gasteiger partial charge in [0, 0.05) is 24.0 Å². The third-order valence-electron chi connectivity index (χ3n) is 3.58. The van der Waals surface area contributed by atoms with Crippen molar-refractivity contribution >= 4 is 27.5 Å². The predicted molar refractivity (Wildman–Crippen MR) is 78.9 cm³/mol. The maximum Gasteiger partial charge on any atom is 0.222 e. The van der Waals surface area contributed by atoms with Gasteiger partial charge in [-0.1, -0.05) is 28.0 Å². The van der Waals surface area contributed by atoms with Crippen LogP contribution >= 0.6 is 21.6 Å². The van der Waals surface area contributed by atoms with Crippen LogP contribution in [0.4, 0.5) is 0 Å². The first kappa shape index (κ1) is 14.5. The molecule has 0 spiro atoms. The molecule has 0 aromatic carbocycles. The van der Waals surface area contributed by atoms with E-state index < -0.39 is 0 Å². The smallest absolute Gasteiger partial charge is 0.222 e. The zero-order valence-electron chi connectivity index (χ0n) is 11.1. The molecule has 18 heavy (non-hydrogen) atoms. The van der Waals surface area contributed by atoms with Crippen LogP contribution in [0.3, 0.4) is 0 Å². The van der Waals surface area contributed by atoms with Crippen molar-refractivity contribution in [2.24, 2.45) is 0 Å². The lowest BCUT2D eigenvalue weighted by atomic mass is 10.1. The topological polar surface area (TPSA) is 29.5 Å². The molecule has 2 aliphatic rings. The van der Waals surface area contributed by atoms with Crippen molar-refractivity contribution in [2.75, 3.05) is 25.5 Å². The van der Waals surface area contributed by atoms with Gasteiger partial charge in [0.1, 0.15) is 0 Å². The summed E-state index contributed by atoms with van der Waals surface area (Å²) in [6, 6.07) is 0.257. The van der Waals surface area contributed by atoms with Crippen LogP contribution in [0.5, 0.6) is 0 Å². The number of hydrogen-bond donors (Lipinski definition) is 0. The predicted octanol–water partition coefficient (Wildman–Crippen LogP) is 2.95. The standard InChI is InChI=1S/C13H23NO2S2/c1-11-10-16-8-7-14(11)13(15)5-3-2-4-12-6-9-17-18-12/h11-12H,2-10H2,1H3/t11-,12+/m1/s1. The van der Waals surface area contributed by atoms with E-state index in [1.165, 1.54) is 25.0 Å². The maximum absolute atomic E-state index is 12.1. The molecule has 0 saturated carbocycles. The summed E-state index contributed by atoms with van der Waals surface area (Å²) in [7, 11) is 4.03. The Kier molecular flexibility index (Phi) is 6.18.